The second-order valence-corrected chi connectivity index (χ2v) is 10.0. The summed E-state index contributed by atoms with van der Waals surface area (Å²) in [5, 5.41) is 0. The zero-order valence-electron chi connectivity index (χ0n) is 20.8. The number of rotatable bonds is 16. The lowest BCUT2D eigenvalue weighted by Gasteiger charge is -2.32. The van der Waals surface area contributed by atoms with E-state index in [9.17, 15) is 22.4 Å². The van der Waals surface area contributed by atoms with E-state index >= 15 is 0 Å². The molecule has 8 heteroatoms. The van der Waals surface area contributed by atoms with Gasteiger partial charge in [-0.2, -0.15) is 8.78 Å². The van der Waals surface area contributed by atoms with Gasteiger partial charge < -0.3 is 14.2 Å². The first-order valence-corrected chi connectivity index (χ1v) is 13.4. The largest absolute Gasteiger partial charge is 0.462 e. The SMILES string of the molecule is CCCCCCCCCCOC1CCC(C(=O)OC2CCC(OCC(F)(F)C(F)F)CC2)CC1. The van der Waals surface area contributed by atoms with Gasteiger partial charge in [0.15, 0.2) is 0 Å². The van der Waals surface area contributed by atoms with Crippen molar-refractivity contribution in [1.82, 2.24) is 0 Å². The second-order valence-electron chi connectivity index (χ2n) is 10.0. The number of ether oxygens (including phenoxy) is 3. The van der Waals surface area contributed by atoms with Gasteiger partial charge in [0.05, 0.1) is 18.1 Å². The van der Waals surface area contributed by atoms with E-state index in [0.717, 1.165) is 38.7 Å². The molecule has 0 unspecified atom stereocenters. The number of unbranched alkanes of at least 4 members (excludes halogenated alkanes) is 7. The molecule has 34 heavy (non-hydrogen) atoms. The Balaban J connectivity index is 1.50. The summed E-state index contributed by atoms with van der Waals surface area (Å²) in [7, 11) is 0. The summed E-state index contributed by atoms with van der Waals surface area (Å²) < 4.78 is 67.1. The molecular formula is C26H44F4O4. The molecule has 0 heterocycles. The quantitative estimate of drug-likeness (QED) is 0.126. The molecule has 0 N–H and O–H groups in total. The molecule has 2 fully saturated rings. The van der Waals surface area contributed by atoms with Crippen LogP contribution in [0.15, 0.2) is 0 Å². The highest BCUT2D eigenvalue weighted by Gasteiger charge is 2.42. The van der Waals surface area contributed by atoms with E-state index in [1.165, 1.54) is 44.9 Å². The van der Waals surface area contributed by atoms with Gasteiger partial charge in [0.2, 0.25) is 0 Å². The van der Waals surface area contributed by atoms with Crippen LogP contribution in [-0.4, -0.2) is 49.8 Å². The third kappa shape index (κ3) is 11.2. The molecule has 0 aliphatic heterocycles. The van der Waals surface area contributed by atoms with E-state index in [1.54, 1.807) is 0 Å². The van der Waals surface area contributed by atoms with Crippen molar-refractivity contribution >= 4 is 5.97 Å². The molecule has 4 nitrogen and oxygen atoms in total. The fraction of sp³-hybridized carbons (Fsp3) is 0.962. The van der Waals surface area contributed by atoms with E-state index in [4.69, 9.17) is 14.2 Å². The maximum absolute atomic E-state index is 13.0. The number of halogens is 4. The van der Waals surface area contributed by atoms with Crippen molar-refractivity contribution in [2.45, 2.75) is 140 Å². The minimum absolute atomic E-state index is 0.110. The predicted octanol–water partition coefficient (Wildman–Crippen LogP) is 7.47. The average molecular weight is 497 g/mol. The fourth-order valence-corrected chi connectivity index (χ4v) is 4.82. The Morgan fingerprint density at radius 3 is 1.85 bits per heavy atom. The topological polar surface area (TPSA) is 44.8 Å². The van der Waals surface area contributed by atoms with Crippen LogP contribution in [0.3, 0.4) is 0 Å². The summed E-state index contributed by atoms with van der Waals surface area (Å²) in [5.41, 5.74) is 0. The number of carbonyl (C=O) groups excluding carboxylic acids is 1. The number of carbonyl (C=O) groups is 1. The van der Waals surface area contributed by atoms with E-state index in [-0.39, 0.29) is 24.1 Å². The minimum atomic E-state index is -4.13. The van der Waals surface area contributed by atoms with Crippen molar-refractivity contribution in [3.05, 3.63) is 0 Å². The Morgan fingerprint density at radius 1 is 0.765 bits per heavy atom. The molecule has 0 spiro atoms. The molecule has 0 atom stereocenters. The van der Waals surface area contributed by atoms with E-state index in [2.05, 4.69) is 6.92 Å². The molecule has 2 aliphatic carbocycles. The Bertz CT molecular complexity index is 545. The van der Waals surface area contributed by atoms with Crippen LogP contribution < -0.4 is 0 Å². The Hall–Kier alpha value is -0.890. The molecule has 0 aromatic heterocycles. The zero-order chi connectivity index (χ0) is 24.8. The Kier molecular flexibility index (Phi) is 13.8. The van der Waals surface area contributed by atoms with Gasteiger partial charge in [0.25, 0.3) is 0 Å². The van der Waals surface area contributed by atoms with Crippen molar-refractivity contribution in [3.63, 3.8) is 0 Å². The Labute approximate surface area is 202 Å². The van der Waals surface area contributed by atoms with Gasteiger partial charge in [-0.15, -0.1) is 0 Å². The van der Waals surface area contributed by atoms with E-state index in [0.29, 0.717) is 25.7 Å². The zero-order valence-corrected chi connectivity index (χ0v) is 20.8. The molecule has 0 aromatic carbocycles. The van der Waals surface area contributed by atoms with Crippen LogP contribution in [0.25, 0.3) is 0 Å². The highest BCUT2D eigenvalue weighted by Crippen LogP contribution is 2.31. The molecule has 0 radical (unpaired) electrons. The highest BCUT2D eigenvalue weighted by molar-refractivity contribution is 5.72. The van der Waals surface area contributed by atoms with Gasteiger partial charge in [0, 0.05) is 6.61 Å². The number of hydrogen-bond acceptors (Lipinski definition) is 4. The summed E-state index contributed by atoms with van der Waals surface area (Å²) in [6.07, 6.45) is 11.1. The molecule has 0 bridgehead atoms. The molecule has 2 aliphatic rings. The number of esters is 1. The first kappa shape index (κ1) is 29.3. The number of hydrogen-bond donors (Lipinski definition) is 0. The van der Waals surface area contributed by atoms with Crippen LogP contribution in [0, 0.1) is 5.92 Å². The monoisotopic (exact) mass is 496 g/mol. The second kappa shape index (κ2) is 16.0. The average Bonchev–Trinajstić information content (AvgIpc) is 2.83. The van der Waals surface area contributed by atoms with Crippen molar-refractivity contribution in [2.24, 2.45) is 5.92 Å². The van der Waals surface area contributed by atoms with Gasteiger partial charge in [0.1, 0.15) is 12.7 Å². The summed E-state index contributed by atoms with van der Waals surface area (Å²) >= 11 is 0. The molecule has 2 rings (SSSR count). The summed E-state index contributed by atoms with van der Waals surface area (Å²) in [6.45, 7) is 1.75. The predicted molar refractivity (Wildman–Crippen MR) is 123 cm³/mol. The Morgan fingerprint density at radius 2 is 1.26 bits per heavy atom. The molecule has 0 aromatic rings. The van der Waals surface area contributed by atoms with Crippen molar-refractivity contribution < 1.29 is 36.6 Å². The van der Waals surface area contributed by atoms with Crippen LogP contribution in [0.4, 0.5) is 17.6 Å². The van der Waals surface area contributed by atoms with Gasteiger partial charge >= 0.3 is 18.3 Å². The lowest BCUT2D eigenvalue weighted by molar-refractivity contribution is -0.182. The fourth-order valence-electron chi connectivity index (χ4n) is 4.82. The van der Waals surface area contributed by atoms with Gasteiger partial charge in [-0.1, -0.05) is 51.9 Å². The smallest absolute Gasteiger partial charge is 0.330 e. The third-order valence-electron chi connectivity index (χ3n) is 7.09. The lowest BCUT2D eigenvalue weighted by atomic mass is 9.87. The van der Waals surface area contributed by atoms with Crippen molar-refractivity contribution in [3.8, 4) is 0 Å². The van der Waals surface area contributed by atoms with Crippen LogP contribution in [0.5, 0.6) is 0 Å². The highest BCUT2D eigenvalue weighted by atomic mass is 19.3. The lowest BCUT2D eigenvalue weighted by Crippen LogP contribution is -2.37. The standard InChI is InChI=1S/C26H44F4O4/c1-2-3-4-5-6-7-8-9-18-32-21-12-10-20(11-13-21)24(31)34-23-16-14-22(15-17-23)33-19-26(29,30)25(27)28/h20-23,25H,2-19H2,1H3. The first-order chi connectivity index (χ1) is 16.3. The van der Waals surface area contributed by atoms with Gasteiger partial charge in [-0.05, 0) is 57.8 Å². The molecule has 0 saturated heterocycles. The van der Waals surface area contributed by atoms with Gasteiger partial charge in [-0.25, -0.2) is 8.78 Å². The molecule has 0 amide bonds. The molecular weight excluding hydrogens is 452 g/mol. The third-order valence-corrected chi connectivity index (χ3v) is 7.09. The van der Waals surface area contributed by atoms with E-state index in [1.807, 2.05) is 0 Å². The molecule has 200 valence electrons. The minimum Gasteiger partial charge on any atom is -0.462 e. The normalized spacial score (nSPS) is 26.1. The van der Waals surface area contributed by atoms with E-state index < -0.39 is 25.1 Å². The van der Waals surface area contributed by atoms with Crippen LogP contribution in [0.1, 0.15) is 110 Å². The molecule has 2 saturated carbocycles. The van der Waals surface area contributed by atoms with Gasteiger partial charge in [-0.3, -0.25) is 4.79 Å². The summed E-state index contributed by atoms with van der Waals surface area (Å²) in [4.78, 5) is 12.5. The van der Waals surface area contributed by atoms with Crippen LogP contribution >= 0.6 is 0 Å². The summed E-state index contributed by atoms with van der Waals surface area (Å²) in [6, 6.07) is 0. The first-order valence-electron chi connectivity index (χ1n) is 13.4. The maximum Gasteiger partial charge on any atom is 0.330 e. The number of alkyl halides is 4. The maximum atomic E-state index is 13.0. The van der Waals surface area contributed by atoms with Crippen LogP contribution in [-0.2, 0) is 19.0 Å². The summed E-state index contributed by atoms with van der Waals surface area (Å²) in [5.74, 6) is -4.42. The van der Waals surface area contributed by atoms with Crippen molar-refractivity contribution in [1.29, 1.82) is 0 Å². The van der Waals surface area contributed by atoms with Crippen LogP contribution in [0.2, 0.25) is 0 Å². The van der Waals surface area contributed by atoms with Crippen molar-refractivity contribution in [2.75, 3.05) is 13.2 Å².